The van der Waals surface area contributed by atoms with E-state index in [2.05, 4.69) is 51.3 Å². The Morgan fingerprint density at radius 2 is 1.42 bits per heavy atom. The van der Waals surface area contributed by atoms with Gasteiger partial charge in [0.05, 0.1) is 0 Å². The molecule has 0 saturated heterocycles. The van der Waals surface area contributed by atoms with Crippen LogP contribution in [0.2, 0.25) is 0 Å². The van der Waals surface area contributed by atoms with Crippen molar-refractivity contribution in [1.29, 1.82) is 0 Å². The van der Waals surface area contributed by atoms with E-state index in [4.69, 9.17) is 4.89 Å². The van der Waals surface area contributed by atoms with Gasteiger partial charge in [-0.2, -0.15) is 4.31 Å². The van der Waals surface area contributed by atoms with Crippen molar-refractivity contribution in [3.05, 3.63) is 34.9 Å². The highest BCUT2D eigenvalue weighted by Crippen LogP contribution is 2.60. The van der Waals surface area contributed by atoms with Crippen LogP contribution >= 0.6 is 15.6 Å². The highest BCUT2D eigenvalue weighted by molar-refractivity contribution is 7.61. The number of hydrogen-bond donors (Lipinski definition) is 2. The first-order chi connectivity index (χ1) is 12.0. The van der Waals surface area contributed by atoms with Gasteiger partial charge < -0.3 is 9.79 Å². The molecule has 0 aliphatic heterocycles. The normalized spacial score (nSPS) is 17.5. The maximum absolute atomic E-state index is 11.3. The molecule has 0 rings (SSSR count). The molecule has 0 aromatic rings. The maximum Gasteiger partial charge on any atom is 0.508 e. The van der Waals surface area contributed by atoms with Crippen LogP contribution in [-0.2, 0) is 27.5 Å². The molecular weight excluding hydrogens is 382 g/mol. The van der Waals surface area contributed by atoms with Gasteiger partial charge in [0.25, 0.3) is 0 Å². The van der Waals surface area contributed by atoms with Gasteiger partial charge in [-0.3, -0.25) is 4.52 Å². The first kappa shape index (κ1) is 25.4. The van der Waals surface area contributed by atoms with E-state index < -0.39 is 15.6 Å². The van der Waals surface area contributed by atoms with Crippen molar-refractivity contribution in [3.63, 3.8) is 0 Å². The van der Waals surface area contributed by atoms with Crippen molar-refractivity contribution in [1.82, 2.24) is 0 Å². The van der Waals surface area contributed by atoms with Gasteiger partial charge in [0.1, 0.15) is 6.61 Å². The Morgan fingerprint density at radius 1 is 0.885 bits per heavy atom. The molecule has 2 N–H and O–H groups in total. The van der Waals surface area contributed by atoms with E-state index in [9.17, 15) is 14.0 Å². The number of phosphoric ester groups is 1. The summed E-state index contributed by atoms with van der Waals surface area (Å²) in [7, 11) is -8.64. The number of hydrogen-bond acceptors (Lipinski definition) is 6. The van der Waals surface area contributed by atoms with E-state index in [-0.39, 0.29) is 6.61 Å². The zero-order valence-corrected chi connectivity index (χ0v) is 17.8. The zero-order valence-electron chi connectivity index (χ0n) is 16.0. The summed E-state index contributed by atoms with van der Waals surface area (Å²) in [5.41, 5.74) is 3.67. The zero-order chi connectivity index (χ0) is 20.2. The van der Waals surface area contributed by atoms with Crippen LogP contribution in [0.5, 0.6) is 0 Å². The lowest BCUT2D eigenvalue weighted by Gasteiger charge is -2.12. The van der Waals surface area contributed by atoms with Crippen LogP contribution in [0.15, 0.2) is 34.9 Å². The van der Waals surface area contributed by atoms with E-state index in [0.29, 0.717) is 0 Å². The van der Waals surface area contributed by atoms with Crippen molar-refractivity contribution < 1.29 is 37.3 Å². The first-order valence-corrected chi connectivity index (χ1v) is 11.1. The predicted octanol–water partition coefficient (Wildman–Crippen LogP) is 5.22. The Hall–Kier alpha value is -0.560. The predicted molar refractivity (Wildman–Crippen MR) is 100 cm³/mol. The summed E-state index contributed by atoms with van der Waals surface area (Å²) >= 11 is 0. The van der Waals surface area contributed by atoms with Gasteiger partial charge in [0.2, 0.25) is 0 Å². The van der Waals surface area contributed by atoms with Crippen LogP contribution < -0.4 is 0 Å². The van der Waals surface area contributed by atoms with Crippen molar-refractivity contribution in [2.45, 2.75) is 53.4 Å². The third kappa shape index (κ3) is 14.6. The minimum atomic E-state index is -4.85. The number of rotatable bonds is 13. The van der Waals surface area contributed by atoms with E-state index in [1.54, 1.807) is 6.08 Å². The summed E-state index contributed by atoms with van der Waals surface area (Å²) in [6.07, 6.45) is 9.85. The van der Waals surface area contributed by atoms with E-state index >= 15 is 0 Å². The van der Waals surface area contributed by atoms with Gasteiger partial charge in [-0.25, -0.2) is 14.0 Å². The van der Waals surface area contributed by atoms with Crippen molar-refractivity contribution in [2.75, 3.05) is 13.7 Å². The molecule has 0 saturated carbocycles. The van der Waals surface area contributed by atoms with Crippen LogP contribution in [-0.4, -0.2) is 23.5 Å². The molecule has 10 heteroatoms. The SMILES string of the molecule is COP(=O)(O)OP(=O)(O)OOCC=C(C)CCC=C(C)CCC=C(C)C. The molecule has 0 amide bonds. The molecular formula is C16H30O8P2. The lowest BCUT2D eigenvalue weighted by Crippen LogP contribution is -1.97. The molecule has 0 spiro atoms. The molecule has 0 bridgehead atoms. The quantitative estimate of drug-likeness (QED) is 0.139. The molecule has 0 radical (unpaired) electrons. The number of phosphoric acid groups is 2. The summed E-state index contributed by atoms with van der Waals surface area (Å²) in [6.45, 7) is 8.07. The van der Waals surface area contributed by atoms with Gasteiger partial charge in [0, 0.05) is 7.11 Å². The fourth-order valence-electron chi connectivity index (χ4n) is 1.79. The van der Waals surface area contributed by atoms with E-state index in [1.807, 2.05) is 6.92 Å². The average Bonchev–Trinajstić information content (AvgIpc) is 2.50. The van der Waals surface area contributed by atoms with Gasteiger partial charge in [-0.1, -0.05) is 34.9 Å². The Balaban J connectivity index is 4.13. The molecule has 26 heavy (non-hydrogen) atoms. The smallest absolute Gasteiger partial charge is 0.302 e. The lowest BCUT2D eigenvalue weighted by atomic mass is 10.1. The Bertz CT molecular complexity index is 605. The fraction of sp³-hybridized carbons (Fsp3) is 0.625. The molecule has 2 unspecified atom stereocenters. The Labute approximate surface area is 155 Å². The lowest BCUT2D eigenvalue weighted by molar-refractivity contribution is -0.211. The topological polar surface area (TPSA) is 112 Å². The first-order valence-electron chi connectivity index (χ1n) is 8.16. The van der Waals surface area contributed by atoms with Gasteiger partial charge in [-0.15, -0.1) is 4.67 Å². The molecule has 152 valence electrons. The standard InChI is InChI=1S/C16H30O8P2/c1-14(2)8-6-9-15(3)10-7-11-16(4)12-13-22-23-26(19,20)24-25(17,18)21-5/h8,10,12H,6-7,9,11,13H2,1-5H3,(H,17,18)(H,19,20). The Kier molecular flexibility index (Phi) is 12.5. The van der Waals surface area contributed by atoms with E-state index in [0.717, 1.165) is 38.4 Å². The summed E-state index contributed by atoms with van der Waals surface area (Å²) in [4.78, 5) is 22.7. The van der Waals surface area contributed by atoms with Crippen molar-refractivity contribution >= 4 is 15.6 Å². The van der Waals surface area contributed by atoms with Crippen molar-refractivity contribution in [3.8, 4) is 0 Å². The van der Waals surface area contributed by atoms with Crippen molar-refractivity contribution in [2.24, 2.45) is 0 Å². The fourth-order valence-corrected chi connectivity index (χ4v) is 3.40. The molecule has 0 heterocycles. The van der Waals surface area contributed by atoms with Crippen LogP contribution in [0.25, 0.3) is 0 Å². The second-order valence-corrected chi connectivity index (χ2v) is 9.06. The Morgan fingerprint density at radius 3 is 1.96 bits per heavy atom. The second kappa shape index (κ2) is 12.8. The molecule has 0 aliphatic carbocycles. The van der Waals surface area contributed by atoms with E-state index in [1.165, 1.54) is 11.1 Å². The molecule has 0 aromatic carbocycles. The van der Waals surface area contributed by atoms with Crippen LogP contribution in [0.3, 0.4) is 0 Å². The van der Waals surface area contributed by atoms with Crippen LogP contribution in [0, 0.1) is 0 Å². The highest BCUT2D eigenvalue weighted by Gasteiger charge is 2.35. The monoisotopic (exact) mass is 412 g/mol. The van der Waals surface area contributed by atoms with Crippen LogP contribution in [0.4, 0.5) is 0 Å². The summed E-state index contributed by atoms with van der Waals surface area (Å²) in [6, 6.07) is 0. The molecule has 2 atom stereocenters. The molecule has 0 aromatic heterocycles. The largest absolute Gasteiger partial charge is 0.508 e. The minimum Gasteiger partial charge on any atom is -0.302 e. The average molecular weight is 412 g/mol. The summed E-state index contributed by atoms with van der Waals surface area (Å²) in [5.74, 6) is 0. The maximum atomic E-state index is 11.3. The van der Waals surface area contributed by atoms with Crippen LogP contribution in [0.1, 0.15) is 53.4 Å². The number of allylic oxidation sites excluding steroid dienone is 5. The molecule has 0 aliphatic rings. The summed E-state index contributed by atoms with van der Waals surface area (Å²) < 4.78 is 34.5. The third-order valence-corrected chi connectivity index (χ3v) is 5.61. The molecule has 0 fully saturated rings. The van der Waals surface area contributed by atoms with Gasteiger partial charge in [0.15, 0.2) is 0 Å². The minimum absolute atomic E-state index is 0.105. The van der Waals surface area contributed by atoms with Gasteiger partial charge in [-0.05, 0) is 53.4 Å². The van der Waals surface area contributed by atoms with Gasteiger partial charge >= 0.3 is 15.6 Å². The third-order valence-electron chi connectivity index (χ3n) is 3.21. The summed E-state index contributed by atoms with van der Waals surface area (Å²) in [5, 5.41) is 0. The highest BCUT2D eigenvalue weighted by atomic mass is 31.3. The second-order valence-electron chi connectivity index (χ2n) is 6.02. The molecule has 8 nitrogen and oxygen atoms in total.